The van der Waals surface area contributed by atoms with Crippen molar-refractivity contribution >= 4 is 0 Å². The molecule has 4 aromatic carbocycles. The maximum absolute atomic E-state index is 2.54. The van der Waals surface area contributed by atoms with E-state index in [0.717, 1.165) is 25.7 Å². The SMILES string of the molecule is CCC1(CC)c2ccccc2-c2ccc(-c3cc4c(cc3C)-c3ccccc3C4(CC)CC)cc21. The number of aryl methyl sites for hydroxylation is 1. The molecule has 0 aromatic heterocycles. The molecule has 4 aromatic rings. The molecular formula is C35H36. The number of hydrogen-bond acceptors (Lipinski definition) is 0. The summed E-state index contributed by atoms with van der Waals surface area (Å²) in [5.41, 5.74) is 16.1. The standard InChI is InChI=1S/C35H36/c1-6-34(7-2)30-16-12-10-14-25(30)27-19-18-24(21-32(27)34)28-22-33-29(20-23(28)5)26-15-11-13-17-31(26)35(33,8-3)9-4/h10-22H,6-9H2,1-5H3. The average Bonchev–Trinajstić information content (AvgIpc) is 3.35. The fraction of sp³-hybridized carbons (Fsp3) is 0.314. The molecule has 2 aliphatic carbocycles. The molecule has 0 spiro atoms. The molecule has 0 saturated heterocycles. The minimum Gasteiger partial charge on any atom is -0.0642 e. The van der Waals surface area contributed by atoms with Crippen LogP contribution in [0.3, 0.4) is 0 Å². The summed E-state index contributed by atoms with van der Waals surface area (Å²) in [6.07, 6.45) is 4.52. The second-order valence-electron chi connectivity index (χ2n) is 10.6. The zero-order valence-corrected chi connectivity index (χ0v) is 21.8. The summed E-state index contributed by atoms with van der Waals surface area (Å²) in [7, 11) is 0. The molecule has 0 saturated carbocycles. The lowest BCUT2D eigenvalue weighted by Crippen LogP contribution is -2.23. The molecule has 0 amide bonds. The minimum atomic E-state index is 0.109. The van der Waals surface area contributed by atoms with E-state index in [2.05, 4.69) is 113 Å². The molecule has 35 heavy (non-hydrogen) atoms. The lowest BCUT2D eigenvalue weighted by molar-refractivity contribution is 0.490. The van der Waals surface area contributed by atoms with Gasteiger partial charge in [0, 0.05) is 10.8 Å². The van der Waals surface area contributed by atoms with Gasteiger partial charge in [-0.2, -0.15) is 0 Å². The van der Waals surface area contributed by atoms with Gasteiger partial charge in [-0.1, -0.05) is 94.4 Å². The summed E-state index contributed by atoms with van der Waals surface area (Å²) >= 11 is 0. The van der Waals surface area contributed by atoms with Gasteiger partial charge in [-0.05, 0) is 106 Å². The van der Waals surface area contributed by atoms with Gasteiger partial charge in [0.1, 0.15) is 0 Å². The van der Waals surface area contributed by atoms with Crippen molar-refractivity contribution in [3.05, 3.63) is 107 Å². The minimum absolute atomic E-state index is 0.109. The third kappa shape index (κ3) is 2.80. The van der Waals surface area contributed by atoms with E-state index in [-0.39, 0.29) is 10.8 Å². The number of rotatable bonds is 5. The van der Waals surface area contributed by atoms with Gasteiger partial charge in [0.2, 0.25) is 0 Å². The Morgan fingerprint density at radius 1 is 0.457 bits per heavy atom. The van der Waals surface area contributed by atoms with Gasteiger partial charge in [-0.15, -0.1) is 0 Å². The Balaban J connectivity index is 1.57. The molecular weight excluding hydrogens is 420 g/mol. The summed E-state index contributed by atoms with van der Waals surface area (Å²) in [5.74, 6) is 0. The van der Waals surface area contributed by atoms with Crippen molar-refractivity contribution in [2.24, 2.45) is 0 Å². The van der Waals surface area contributed by atoms with E-state index in [1.54, 1.807) is 0 Å². The molecule has 0 unspecified atom stereocenters. The highest BCUT2D eigenvalue weighted by molar-refractivity contribution is 5.88. The highest BCUT2D eigenvalue weighted by Gasteiger charge is 2.42. The number of benzene rings is 4. The number of fused-ring (bicyclic) bond motifs is 6. The van der Waals surface area contributed by atoms with Gasteiger partial charge < -0.3 is 0 Å². The van der Waals surface area contributed by atoms with Crippen LogP contribution in [0.5, 0.6) is 0 Å². The Labute approximate surface area is 211 Å². The normalized spacial score (nSPS) is 15.9. The van der Waals surface area contributed by atoms with Gasteiger partial charge >= 0.3 is 0 Å². The van der Waals surface area contributed by atoms with E-state index >= 15 is 0 Å². The van der Waals surface area contributed by atoms with E-state index in [1.165, 1.54) is 61.2 Å². The monoisotopic (exact) mass is 456 g/mol. The molecule has 0 nitrogen and oxygen atoms in total. The van der Waals surface area contributed by atoms with Crippen molar-refractivity contribution in [1.29, 1.82) is 0 Å². The molecule has 0 fully saturated rings. The van der Waals surface area contributed by atoms with Crippen LogP contribution in [0.1, 0.15) is 81.2 Å². The first-order chi connectivity index (χ1) is 17.0. The first-order valence-electron chi connectivity index (χ1n) is 13.5. The summed E-state index contributed by atoms with van der Waals surface area (Å²) in [6.45, 7) is 11.7. The summed E-state index contributed by atoms with van der Waals surface area (Å²) in [5, 5.41) is 0. The van der Waals surface area contributed by atoms with Crippen molar-refractivity contribution in [2.45, 2.75) is 71.1 Å². The predicted molar refractivity (Wildman–Crippen MR) is 150 cm³/mol. The Kier molecular flexibility index (Phi) is 5.08. The van der Waals surface area contributed by atoms with Crippen LogP contribution in [-0.4, -0.2) is 0 Å². The van der Waals surface area contributed by atoms with Crippen molar-refractivity contribution in [3.8, 4) is 33.4 Å². The van der Waals surface area contributed by atoms with Gasteiger partial charge in [0.05, 0.1) is 0 Å². The molecule has 0 bridgehead atoms. The van der Waals surface area contributed by atoms with E-state index in [4.69, 9.17) is 0 Å². The summed E-state index contributed by atoms with van der Waals surface area (Å²) < 4.78 is 0. The zero-order chi connectivity index (χ0) is 24.4. The molecule has 0 heteroatoms. The fourth-order valence-electron chi connectivity index (χ4n) is 7.56. The quantitative estimate of drug-likeness (QED) is 0.280. The van der Waals surface area contributed by atoms with Crippen LogP contribution in [0, 0.1) is 6.92 Å². The summed E-state index contributed by atoms with van der Waals surface area (Å²) in [4.78, 5) is 0. The molecule has 176 valence electrons. The Hall–Kier alpha value is -3.12. The molecule has 0 atom stereocenters. The molecule has 6 rings (SSSR count). The van der Waals surface area contributed by atoms with Crippen LogP contribution < -0.4 is 0 Å². The average molecular weight is 457 g/mol. The maximum Gasteiger partial charge on any atom is 0.0210 e. The van der Waals surface area contributed by atoms with Crippen LogP contribution in [0.4, 0.5) is 0 Å². The highest BCUT2D eigenvalue weighted by Crippen LogP contribution is 2.56. The van der Waals surface area contributed by atoms with E-state index < -0.39 is 0 Å². The van der Waals surface area contributed by atoms with Crippen molar-refractivity contribution < 1.29 is 0 Å². The molecule has 0 heterocycles. The maximum atomic E-state index is 2.54. The molecule has 0 radical (unpaired) electrons. The van der Waals surface area contributed by atoms with Crippen LogP contribution in [0.25, 0.3) is 33.4 Å². The molecule has 0 N–H and O–H groups in total. The Bertz CT molecular complexity index is 1440. The molecule has 0 aliphatic heterocycles. The Morgan fingerprint density at radius 3 is 1.51 bits per heavy atom. The number of hydrogen-bond donors (Lipinski definition) is 0. The van der Waals surface area contributed by atoms with Crippen LogP contribution in [-0.2, 0) is 10.8 Å². The van der Waals surface area contributed by atoms with Gasteiger partial charge in [0.25, 0.3) is 0 Å². The van der Waals surface area contributed by atoms with Gasteiger partial charge in [-0.25, -0.2) is 0 Å². The second-order valence-corrected chi connectivity index (χ2v) is 10.6. The first kappa shape index (κ1) is 22.4. The lowest BCUT2D eigenvalue weighted by atomic mass is 9.72. The van der Waals surface area contributed by atoms with E-state index in [1.807, 2.05) is 0 Å². The lowest BCUT2D eigenvalue weighted by Gasteiger charge is -2.31. The van der Waals surface area contributed by atoms with E-state index in [9.17, 15) is 0 Å². The van der Waals surface area contributed by atoms with E-state index in [0.29, 0.717) is 0 Å². The predicted octanol–water partition coefficient (Wildman–Crippen LogP) is 9.84. The summed E-state index contributed by atoms with van der Waals surface area (Å²) in [6, 6.07) is 30.5. The zero-order valence-electron chi connectivity index (χ0n) is 21.8. The first-order valence-corrected chi connectivity index (χ1v) is 13.5. The molecule has 2 aliphatic rings. The smallest absolute Gasteiger partial charge is 0.0210 e. The largest absolute Gasteiger partial charge is 0.0642 e. The van der Waals surface area contributed by atoms with Crippen molar-refractivity contribution in [2.75, 3.05) is 0 Å². The fourth-order valence-corrected chi connectivity index (χ4v) is 7.56. The third-order valence-electron chi connectivity index (χ3n) is 9.61. The van der Waals surface area contributed by atoms with Crippen LogP contribution >= 0.6 is 0 Å². The van der Waals surface area contributed by atoms with Gasteiger partial charge in [-0.3, -0.25) is 0 Å². The Morgan fingerprint density at radius 2 is 0.943 bits per heavy atom. The van der Waals surface area contributed by atoms with Crippen LogP contribution in [0.15, 0.2) is 78.9 Å². The second kappa shape index (κ2) is 7.95. The van der Waals surface area contributed by atoms with Crippen molar-refractivity contribution in [3.63, 3.8) is 0 Å². The van der Waals surface area contributed by atoms with Crippen LogP contribution in [0.2, 0.25) is 0 Å². The van der Waals surface area contributed by atoms with Crippen molar-refractivity contribution in [1.82, 2.24) is 0 Å². The topological polar surface area (TPSA) is 0 Å². The van der Waals surface area contributed by atoms with Gasteiger partial charge in [0.15, 0.2) is 0 Å². The highest BCUT2D eigenvalue weighted by atomic mass is 14.4. The third-order valence-corrected chi connectivity index (χ3v) is 9.61.